The molecule has 0 spiro atoms. The number of phosphoric ester groups is 1. The Morgan fingerprint density at radius 2 is 1.04 bits per heavy atom. The molecule has 0 radical (unpaired) electrons. The summed E-state index contributed by atoms with van der Waals surface area (Å²) in [5, 5.41) is 0. The topological polar surface area (TPSA) is 108 Å². The number of hydrogen-bond donors (Lipinski definition) is 1. The van der Waals surface area contributed by atoms with Crippen LogP contribution in [0.3, 0.4) is 0 Å². The highest BCUT2D eigenvalue weighted by atomic mass is 31.2. The largest absolute Gasteiger partial charge is 0.472 e. The second-order valence-corrected chi connectivity index (χ2v) is 16.8. The molecule has 1 unspecified atom stereocenters. The van der Waals surface area contributed by atoms with Gasteiger partial charge in [0.05, 0.1) is 27.7 Å². The number of esters is 2. The summed E-state index contributed by atoms with van der Waals surface area (Å²) in [6.07, 6.45) is 39.2. The van der Waals surface area contributed by atoms with Crippen LogP contribution in [0, 0.1) is 0 Å². The van der Waals surface area contributed by atoms with E-state index in [1.165, 1.54) is 77.0 Å². The Hall–Kier alpha value is -1.77. The van der Waals surface area contributed by atoms with Crippen LogP contribution in [0.1, 0.15) is 174 Å². The van der Waals surface area contributed by atoms with Gasteiger partial charge in [0.1, 0.15) is 19.8 Å². The third-order valence-corrected chi connectivity index (χ3v) is 9.88. The highest BCUT2D eigenvalue weighted by Gasteiger charge is 2.27. The molecule has 10 heteroatoms. The van der Waals surface area contributed by atoms with Crippen LogP contribution >= 0.6 is 7.82 Å². The second-order valence-electron chi connectivity index (χ2n) is 15.4. The van der Waals surface area contributed by atoms with E-state index in [9.17, 15) is 19.0 Å². The zero-order valence-electron chi connectivity index (χ0n) is 34.7. The average Bonchev–Trinajstić information content (AvgIpc) is 3.10. The molecule has 53 heavy (non-hydrogen) atoms. The summed E-state index contributed by atoms with van der Waals surface area (Å²) in [5.41, 5.74) is 0. The molecule has 0 aliphatic rings. The summed E-state index contributed by atoms with van der Waals surface area (Å²) in [6.45, 7) is 4.33. The number of ether oxygens (including phenoxy) is 2. The van der Waals surface area contributed by atoms with Gasteiger partial charge in [-0.1, -0.05) is 134 Å². The van der Waals surface area contributed by atoms with Crippen molar-refractivity contribution in [3.8, 4) is 0 Å². The lowest BCUT2D eigenvalue weighted by Crippen LogP contribution is -2.37. The van der Waals surface area contributed by atoms with Crippen molar-refractivity contribution < 1.29 is 42.1 Å². The van der Waals surface area contributed by atoms with Crippen LogP contribution in [0.5, 0.6) is 0 Å². The first-order valence-corrected chi connectivity index (χ1v) is 22.7. The lowest BCUT2D eigenvalue weighted by molar-refractivity contribution is -0.870. The van der Waals surface area contributed by atoms with Gasteiger partial charge in [-0.2, -0.15) is 0 Å². The van der Waals surface area contributed by atoms with E-state index in [0.29, 0.717) is 23.9 Å². The second kappa shape index (κ2) is 35.9. The predicted molar refractivity (Wildman–Crippen MR) is 220 cm³/mol. The standard InChI is InChI=1S/C43H80NO8P/c1-6-8-10-12-14-16-18-20-21-22-23-24-26-27-29-31-33-35-42(45)49-39-41(40-51-53(47,48)50-38-37-44(3,4)5)52-43(46)36-34-32-30-28-25-19-17-15-13-11-9-7-2/h15,17,23-24,27,29,41H,6-14,16,18-22,25-26,28,30-40H2,1-5H3/p+1/b17-15+,24-23+,29-27+/t41-/m0/s1. The van der Waals surface area contributed by atoms with Gasteiger partial charge in [-0.05, 0) is 64.2 Å². The fraction of sp³-hybridized carbons (Fsp3) is 0.814. The summed E-state index contributed by atoms with van der Waals surface area (Å²) in [7, 11) is 1.45. The Morgan fingerprint density at radius 3 is 1.60 bits per heavy atom. The minimum Gasteiger partial charge on any atom is -0.462 e. The van der Waals surface area contributed by atoms with Gasteiger partial charge in [-0.25, -0.2) is 4.57 Å². The number of hydrogen-bond acceptors (Lipinski definition) is 7. The molecule has 0 aromatic carbocycles. The number of phosphoric acid groups is 1. The normalized spacial score (nSPS) is 14.0. The van der Waals surface area contributed by atoms with E-state index < -0.39 is 32.5 Å². The van der Waals surface area contributed by atoms with Gasteiger partial charge in [0, 0.05) is 12.8 Å². The molecule has 0 aromatic heterocycles. The number of nitrogens with zero attached hydrogens (tertiary/aromatic N) is 1. The fourth-order valence-corrected chi connectivity index (χ4v) is 6.26. The summed E-state index contributed by atoms with van der Waals surface area (Å²) in [5.74, 6) is -0.863. The van der Waals surface area contributed by atoms with Gasteiger partial charge in [-0.3, -0.25) is 18.6 Å². The highest BCUT2D eigenvalue weighted by molar-refractivity contribution is 7.47. The Bertz CT molecular complexity index is 1010. The maximum atomic E-state index is 12.6. The molecular formula is C43H81NO8P+. The van der Waals surface area contributed by atoms with Gasteiger partial charge < -0.3 is 18.9 Å². The first-order valence-electron chi connectivity index (χ1n) is 21.2. The molecule has 9 nitrogen and oxygen atoms in total. The molecule has 0 aliphatic heterocycles. The van der Waals surface area contributed by atoms with Crippen molar-refractivity contribution in [2.45, 2.75) is 180 Å². The van der Waals surface area contributed by atoms with Gasteiger partial charge in [-0.15, -0.1) is 0 Å². The zero-order chi connectivity index (χ0) is 39.3. The van der Waals surface area contributed by atoms with Crippen molar-refractivity contribution in [2.24, 2.45) is 0 Å². The van der Waals surface area contributed by atoms with E-state index in [-0.39, 0.29) is 26.1 Å². The molecule has 2 atom stereocenters. The lowest BCUT2D eigenvalue weighted by Gasteiger charge is -2.24. The predicted octanol–water partition coefficient (Wildman–Crippen LogP) is 11.7. The Labute approximate surface area is 325 Å². The fourth-order valence-electron chi connectivity index (χ4n) is 5.52. The van der Waals surface area contributed by atoms with E-state index in [2.05, 4.69) is 50.3 Å². The summed E-state index contributed by atoms with van der Waals surface area (Å²) >= 11 is 0. The van der Waals surface area contributed by atoms with Crippen molar-refractivity contribution in [2.75, 3.05) is 47.5 Å². The van der Waals surface area contributed by atoms with Crippen molar-refractivity contribution in [1.82, 2.24) is 0 Å². The van der Waals surface area contributed by atoms with E-state index in [1.807, 2.05) is 21.1 Å². The van der Waals surface area contributed by atoms with Crippen LogP contribution in [0.25, 0.3) is 0 Å². The maximum absolute atomic E-state index is 12.6. The molecule has 0 aliphatic carbocycles. The van der Waals surface area contributed by atoms with Crippen LogP contribution in [-0.2, 0) is 32.7 Å². The van der Waals surface area contributed by atoms with Crippen LogP contribution < -0.4 is 0 Å². The van der Waals surface area contributed by atoms with Crippen molar-refractivity contribution in [3.63, 3.8) is 0 Å². The summed E-state index contributed by atoms with van der Waals surface area (Å²) < 4.78 is 34.2. The minimum absolute atomic E-state index is 0.0239. The van der Waals surface area contributed by atoms with E-state index in [0.717, 1.165) is 57.8 Å². The molecule has 0 heterocycles. The van der Waals surface area contributed by atoms with Crippen molar-refractivity contribution in [1.29, 1.82) is 0 Å². The number of likely N-dealkylation sites (N-methyl/N-ethyl adjacent to an activating group) is 1. The number of rotatable bonds is 38. The molecule has 0 aromatic rings. The Morgan fingerprint density at radius 1 is 0.585 bits per heavy atom. The average molecular weight is 771 g/mol. The van der Waals surface area contributed by atoms with Crippen LogP contribution in [0.15, 0.2) is 36.5 Å². The zero-order valence-corrected chi connectivity index (χ0v) is 35.6. The molecule has 0 fully saturated rings. The lowest BCUT2D eigenvalue weighted by atomic mass is 10.1. The molecule has 0 amide bonds. The number of carbonyl (C=O) groups excluding carboxylic acids is 2. The number of quaternary nitrogens is 1. The summed E-state index contributed by atoms with van der Waals surface area (Å²) in [4.78, 5) is 35.2. The first-order chi connectivity index (χ1) is 25.5. The van der Waals surface area contributed by atoms with Crippen LogP contribution in [-0.4, -0.2) is 74.9 Å². The molecule has 0 rings (SSSR count). The molecule has 0 saturated heterocycles. The van der Waals surface area contributed by atoms with E-state index in [1.54, 1.807) is 0 Å². The van der Waals surface area contributed by atoms with Crippen molar-refractivity contribution in [3.05, 3.63) is 36.5 Å². The molecule has 0 bridgehead atoms. The quantitative estimate of drug-likeness (QED) is 0.0217. The molecular weight excluding hydrogens is 689 g/mol. The van der Waals surface area contributed by atoms with Crippen molar-refractivity contribution >= 4 is 19.8 Å². The Kier molecular flexibility index (Phi) is 34.7. The van der Waals surface area contributed by atoms with Crippen LogP contribution in [0.2, 0.25) is 0 Å². The maximum Gasteiger partial charge on any atom is 0.472 e. The van der Waals surface area contributed by atoms with Gasteiger partial charge in [0.25, 0.3) is 0 Å². The summed E-state index contributed by atoms with van der Waals surface area (Å²) in [6, 6.07) is 0. The Balaban J connectivity index is 4.44. The third-order valence-electron chi connectivity index (χ3n) is 8.89. The van der Waals surface area contributed by atoms with Gasteiger partial charge in [0.15, 0.2) is 6.10 Å². The van der Waals surface area contributed by atoms with Gasteiger partial charge >= 0.3 is 19.8 Å². The SMILES string of the molecule is CCCCC/C=C/CCCCCCCC(=O)O[C@@H](COC(=O)CCC/C=C/C/C=C/CCCCCCCCCCC)COP(=O)(O)OCC[N+](C)(C)C. The molecule has 310 valence electrons. The monoisotopic (exact) mass is 771 g/mol. The smallest absolute Gasteiger partial charge is 0.462 e. The minimum atomic E-state index is -4.38. The highest BCUT2D eigenvalue weighted by Crippen LogP contribution is 2.43. The molecule has 1 N–H and O–H groups in total. The third kappa shape index (κ3) is 39.7. The number of unbranched alkanes of at least 4 members (excludes halogenated alkanes) is 18. The van der Waals surface area contributed by atoms with E-state index in [4.69, 9.17) is 18.5 Å². The number of carbonyl (C=O) groups is 2. The van der Waals surface area contributed by atoms with Crippen LogP contribution in [0.4, 0.5) is 0 Å². The van der Waals surface area contributed by atoms with Gasteiger partial charge in [0.2, 0.25) is 0 Å². The van der Waals surface area contributed by atoms with E-state index >= 15 is 0 Å². The number of allylic oxidation sites excluding steroid dienone is 6. The molecule has 0 saturated carbocycles. The first kappa shape index (κ1) is 51.2.